The lowest BCUT2D eigenvalue weighted by Crippen LogP contribution is -2.52. The van der Waals surface area contributed by atoms with Crippen LogP contribution < -0.4 is 0 Å². The van der Waals surface area contributed by atoms with Crippen LogP contribution in [0.4, 0.5) is 0 Å². The standard InChI is InChI=1S/C16H24O2/c1-10-4-5-11-15(3)9-18-13(17)14(2)6-7-16(10,11)8-12(14)15/h10-12H,4-9H2,1-3H3/t10-,11+,12-,14+,15?,16-/m1/s1. The van der Waals surface area contributed by atoms with Crippen LogP contribution in [0.5, 0.6) is 0 Å². The third kappa shape index (κ3) is 0.947. The second-order valence-corrected chi connectivity index (χ2v) is 8.02. The van der Waals surface area contributed by atoms with Crippen molar-refractivity contribution in [2.75, 3.05) is 6.61 Å². The Labute approximate surface area is 109 Å². The lowest BCUT2D eigenvalue weighted by molar-refractivity contribution is -0.184. The molecule has 3 saturated carbocycles. The van der Waals surface area contributed by atoms with Gasteiger partial charge < -0.3 is 4.74 Å². The van der Waals surface area contributed by atoms with E-state index in [1.54, 1.807) is 0 Å². The Morgan fingerprint density at radius 1 is 1.17 bits per heavy atom. The molecular weight excluding hydrogens is 224 g/mol. The van der Waals surface area contributed by atoms with E-state index in [1.165, 1.54) is 25.7 Å². The summed E-state index contributed by atoms with van der Waals surface area (Å²) < 4.78 is 5.63. The SMILES string of the molecule is C[C@@H]1CC[C@H]2C3(C)COC(=O)[C@@]4(C)CC[C@@]12C[C@@H]34. The zero-order chi connectivity index (χ0) is 12.8. The monoisotopic (exact) mass is 248 g/mol. The molecule has 1 saturated heterocycles. The van der Waals surface area contributed by atoms with Gasteiger partial charge in [-0.3, -0.25) is 4.79 Å². The van der Waals surface area contributed by atoms with Crippen molar-refractivity contribution in [3.05, 3.63) is 0 Å². The van der Waals surface area contributed by atoms with Gasteiger partial charge in [-0.25, -0.2) is 0 Å². The molecule has 2 nitrogen and oxygen atoms in total. The van der Waals surface area contributed by atoms with Gasteiger partial charge in [0.15, 0.2) is 0 Å². The fourth-order valence-corrected chi connectivity index (χ4v) is 6.49. The molecule has 2 bridgehead atoms. The zero-order valence-electron chi connectivity index (χ0n) is 11.8. The van der Waals surface area contributed by atoms with Gasteiger partial charge in [0.2, 0.25) is 0 Å². The average molecular weight is 248 g/mol. The lowest BCUT2D eigenvalue weighted by Gasteiger charge is -2.49. The molecule has 100 valence electrons. The van der Waals surface area contributed by atoms with Crippen molar-refractivity contribution < 1.29 is 9.53 Å². The lowest BCUT2D eigenvalue weighted by atomic mass is 9.58. The average Bonchev–Trinajstić information content (AvgIpc) is 2.77. The third-order valence-corrected chi connectivity index (χ3v) is 7.60. The first-order valence-corrected chi connectivity index (χ1v) is 7.61. The highest BCUT2D eigenvalue weighted by Gasteiger charge is 2.73. The molecule has 1 spiro atoms. The van der Waals surface area contributed by atoms with E-state index in [0.29, 0.717) is 17.9 Å². The summed E-state index contributed by atoms with van der Waals surface area (Å²) in [4.78, 5) is 12.2. The molecule has 1 heterocycles. The number of cyclic esters (lactones) is 1. The highest BCUT2D eigenvalue weighted by Crippen LogP contribution is 2.76. The quantitative estimate of drug-likeness (QED) is 0.614. The molecule has 0 aromatic carbocycles. The van der Waals surface area contributed by atoms with Gasteiger partial charge in [-0.15, -0.1) is 0 Å². The van der Waals surface area contributed by atoms with Gasteiger partial charge in [-0.2, -0.15) is 0 Å². The summed E-state index contributed by atoms with van der Waals surface area (Å²) in [5.74, 6) is 2.32. The molecule has 1 unspecified atom stereocenters. The van der Waals surface area contributed by atoms with Gasteiger partial charge >= 0.3 is 5.97 Å². The minimum Gasteiger partial charge on any atom is -0.465 e. The first-order chi connectivity index (χ1) is 8.43. The maximum atomic E-state index is 12.2. The van der Waals surface area contributed by atoms with E-state index >= 15 is 0 Å². The number of ether oxygens (including phenoxy) is 1. The van der Waals surface area contributed by atoms with Crippen LogP contribution in [0.2, 0.25) is 0 Å². The molecule has 4 rings (SSSR count). The largest absolute Gasteiger partial charge is 0.465 e. The minimum atomic E-state index is -0.178. The summed E-state index contributed by atoms with van der Waals surface area (Å²) in [6, 6.07) is 0. The minimum absolute atomic E-state index is 0.0902. The summed E-state index contributed by atoms with van der Waals surface area (Å²) in [7, 11) is 0. The molecule has 4 aliphatic rings. The van der Waals surface area contributed by atoms with Crippen molar-refractivity contribution in [1.29, 1.82) is 0 Å². The zero-order valence-corrected chi connectivity index (χ0v) is 11.8. The number of hydrogen-bond acceptors (Lipinski definition) is 2. The Balaban J connectivity index is 1.87. The van der Waals surface area contributed by atoms with E-state index < -0.39 is 0 Å². The number of fused-ring (bicyclic) bond motifs is 1. The van der Waals surface area contributed by atoms with Crippen molar-refractivity contribution in [3.8, 4) is 0 Å². The van der Waals surface area contributed by atoms with E-state index in [9.17, 15) is 4.79 Å². The van der Waals surface area contributed by atoms with Gasteiger partial charge in [-0.05, 0) is 62.2 Å². The molecular formula is C16H24O2. The van der Waals surface area contributed by atoms with Crippen LogP contribution in [0.25, 0.3) is 0 Å². The second-order valence-electron chi connectivity index (χ2n) is 8.02. The molecule has 18 heavy (non-hydrogen) atoms. The smallest absolute Gasteiger partial charge is 0.312 e. The molecule has 0 aromatic rings. The summed E-state index contributed by atoms with van der Waals surface area (Å²) >= 11 is 0. The van der Waals surface area contributed by atoms with E-state index in [-0.39, 0.29) is 16.8 Å². The molecule has 0 amide bonds. The van der Waals surface area contributed by atoms with Crippen LogP contribution in [0.1, 0.15) is 52.9 Å². The molecule has 6 atom stereocenters. The van der Waals surface area contributed by atoms with E-state index in [0.717, 1.165) is 18.3 Å². The first kappa shape index (κ1) is 11.3. The van der Waals surface area contributed by atoms with Crippen LogP contribution >= 0.6 is 0 Å². The predicted molar refractivity (Wildman–Crippen MR) is 68.8 cm³/mol. The molecule has 0 aromatic heterocycles. The highest BCUT2D eigenvalue weighted by molar-refractivity contribution is 5.78. The van der Waals surface area contributed by atoms with Gasteiger partial charge in [0, 0.05) is 5.41 Å². The Bertz CT molecular complexity index is 431. The number of rotatable bonds is 0. The van der Waals surface area contributed by atoms with E-state index in [4.69, 9.17) is 4.74 Å². The molecule has 0 radical (unpaired) electrons. The number of hydrogen-bond donors (Lipinski definition) is 0. The van der Waals surface area contributed by atoms with Crippen LogP contribution in [0, 0.1) is 34.0 Å². The van der Waals surface area contributed by atoms with Gasteiger partial charge in [0.05, 0.1) is 12.0 Å². The summed E-state index contributed by atoms with van der Waals surface area (Å²) in [6.07, 6.45) is 6.36. The summed E-state index contributed by atoms with van der Waals surface area (Å²) in [6.45, 7) is 7.73. The van der Waals surface area contributed by atoms with Crippen LogP contribution in [-0.4, -0.2) is 12.6 Å². The van der Waals surface area contributed by atoms with Crippen molar-refractivity contribution in [2.24, 2.45) is 34.0 Å². The number of carbonyl (C=O) groups excluding carboxylic acids is 1. The van der Waals surface area contributed by atoms with Crippen molar-refractivity contribution in [1.82, 2.24) is 0 Å². The number of esters is 1. The maximum absolute atomic E-state index is 12.2. The summed E-state index contributed by atoms with van der Waals surface area (Å²) in [5.41, 5.74) is 0.638. The maximum Gasteiger partial charge on any atom is 0.312 e. The fourth-order valence-electron chi connectivity index (χ4n) is 6.49. The highest BCUT2D eigenvalue weighted by atomic mass is 16.5. The van der Waals surface area contributed by atoms with Crippen molar-refractivity contribution in [3.63, 3.8) is 0 Å². The topological polar surface area (TPSA) is 26.3 Å². The first-order valence-electron chi connectivity index (χ1n) is 7.61. The van der Waals surface area contributed by atoms with Crippen LogP contribution in [0.3, 0.4) is 0 Å². The Morgan fingerprint density at radius 2 is 1.94 bits per heavy atom. The number of carbonyl (C=O) groups is 1. The van der Waals surface area contributed by atoms with Gasteiger partial charge in [0.25, 0.3) is 0 Å². The molecule has 4 fully saturated rings. The Hall–Kier alpha value is -0.530. The Morgan fingerprint density at radius 3 is 2.72 bits per heavy atom. The normalized spacial score (nSPS) is 61.5. The molecule has 3 aliphatic carbocycles. The molecule has 2 heteroatoms. The molecule has 1 aliphatic heterocycles. The Kier molecular flexibility index (Phi) is 1.86. The van der Waals surface area contributed by atoms with Gasteiger partial charge in [-0.1, -0.05) is 13.8 Å². The van der Waals surface area contributed by atoms with Gasteiger partial charge in [0.1, 0.15) is 0 Å². The predicted octanol–water partition coefficient (Wildman–Crippen LogP) is 3.40. The van der Waals surface area contributed by atoms with Crippen molar-refractivity contribution in [2.45, 2.75) is 52.9 Å². The van der Waals surface area contributed by atoms with Crippen LogP contribution in [-0.2, 0) is 9.53 Å². The third-order valence-electron chi connectivity index (χ3n) is 7.60. The fraction of sp³-hybridized carbons (Fsp3) is 0.938. The van der Waals surface area contributed by atoms with Crippen LogP contribution in [0.15, 0.2) is 0 Å². The van der Waals surface area contributed by atoms with E-state index in [2.05, 4.69) is 20.8 Å². The summed E-state index contributed by atoms with van der Waals surface area (Å²) in [5, 5.41) is 0. The van der Waals surface area contributed by atoms with Crippen molar-refractivity contribution >= 4 is 5.97 Å². The second kappa shape index (κ2) is 2.96. The van der Waals surface area contributed by atoms with E-state index in [1.807, 2.05) is 0 Å². The molecule has 0 N–H and O–H groups in total.